The monoisotopic (exact) mass is 426 g/mol. The molecular weight excluding hydrogens is 402 g/mol. The molecule has 0 radical (unpaired) electrons. The van der Waals surface area contributed by atoms with E-state index in [0.717, 1.165) is 33.2 Å². The third-order valence-electron chi connectivity index (χ3n) is 4.88. The van der Waals surface area contributed by atoms with Crippen molar-refractivity contribution in [1.82, 2.24) is 4.57 Å². The van der Waals surface area contributed by atoms with E-state index in [1.165, 1.54) is 21.9 Å². The average Bonchev–Trinajstić information content (AvgIpc) is 3.41. The fraction of sp³-hybridized carbons (Fsp3) is 0.273. The van der Waals surface area contributed by atoms with Gasteiger partial charge in [0.2, 0.25) is 6.20 Å². The van der Waals surface area contributed by atoms with E-state index in [2.05, 4.69) is 49.1 Å². The van der Waals surface area contributed by atoms with Gasteiger partial charge in [0.25, 0.3) is 5.56 Å². The van der Waals surface area contributed by atoms with Gasteiger partial charge in [-0.15, -0.1) is 11.3 Å². The van der Waals surface area contributed by atoms with E-state index in [9.17, 15) is 4.79 Å². The molecule has 3 heterocycles. The quantitative estimate of drug-likeness (QED) is 0.589. The number of allylic oxidation sites excluding steroid dienone is 1. The molecule has 0 bridgehead atoms. The number of rotatable bonds is 5. The molecule has 4 rings (SSSR count). The van der Waals surface area contributed by atoms with Gasteiger partial charge in [-0.05, 0) is 45.1 Å². The van der Waals surface area contributed by atoms with Crippen LogP contribution in [0.3, 0.4) is 0 Å². The van der Waals surface area contributed by atoms with Crippen molar-refractivity contribution in [2.45, 2.75) is 38.8 Å². The fourth-order valence-electron chi connectivity index (χ4n) is 3.41. The number of fused-ring (bicyclic) bond motifs is 1. The second-order valence-corrected chi connectivity index (χ2v) is 8.64. The van der Waals surface area contributed by atoms with Crippen LogP contribution in [0.1, 0.15) is 26.7 Å². The molecule has 0 atom stereocenters. The maximum Gasteiger partial charge on any atom is 0.375 e. The van der Waals surface area contributed by atoms with Gasteiger partial charge in [-0.3, -0.25) is 9.36 Å². The molecule has 0 unspecified atom stereocenters. The minimum atomic E-state index is 0.0405. The second-order valence-electron chi connectivity index (χ2n) is 6.51. The van der Waals surface area contributed by atoms with E-state index in [0.29, 0.717) is 6.54 Å². The van der Waals surface area contributed by atoms with Crippen molar-refractivity contribution >= 4 is 40.9 Å². The molecule has 0 fully saturated rings. The minimum Gasteiger partial charge on any atom is -0.407 e. The van der Waals surface area contributed by atoms with E-state index in [-0.39, 0.29) is 5.56 Å². The first-order valence-corrected chi connectivity index (χ1v) is 11.4. The van der Waals surface area contributed by atoms with Gasteiger partial charge in [-0.1, -0.05) is 23.9 Å². The van der Waals surface area contributed by atoms with E-state index in [1.54, 1.807) is 22.6 Å². The van der Waals surface area contributed by atoms with Crippen LogP contribution >= 0.6 is 23.1 Å². The third kappa shape index (κ3) is 3.72. The Balaban J connectivity index is 1.77. The maximum absolute atomic E-state index is 12.9. The highest BCUT2D eigenvalue weighted by atomic mass is 32.2. The Morgan fingerprint density at radius 1 is 1.14 bits per heavy atom. The normalized spacial score (nSPS) is 16.2. The van der Waals surface area contributed by atoms with E-state index < -0.39 is 0 Å². The number of hydrogen-bond acceptors (Lipinski definition) is 5. The second kappa shape index (κ2) is 8.47. The largest absolute Gasteiger partial charge is 0.407 e. The molecular formula is C22H24N3O2S2+. The zero-order chi connectivity index (χ0) is 20.4. The van der Waals surface area contributed by atoms with Crippen LogP contribution in [0, 0.1) is 0 Å². The lowest BCUT2D eigenvalue weighted by Gasteiger charge is -2.17. The van der Waals surface area contributed by atoms with Crippen LogP contribution in [0.15, 0.2) is 61.9 Å². The molecule has 0 saturated heterocycles. The highest BCUT2D eigenvalue weighted by molar-refractivity contribution is 8.03. The lowest BCUT2D eigenvalue weighted by Crippen LogP contribution is -2.34. The lowest BCUT2D eigenvalue weighted by molar-refractivity contribution is -0.698. The van der Waals surface area contributed by atoms with Gasteiger partial charge in [0.15, 0.2) is 6.26 Å². The molecule has 0 saturated carbocycles. The van der Waals surface area contributed by atoms with Crippen molar-refractivity contribution in [1.29, 1.82) is 0 Å². The highest BCUT2D eigenvalue weighted by Crippen LogP contribution is 2.45. The Labute approximate surface area is 177 Å². The summed E-state index contributed by atoms with van der Waals surface area (Å²) in [6.07, 6.45) is 9.53. The van der Waals surface area contributed by atoms with Crippen molar-refractivity contribution in [3.05, 3.63) is 73.3 Å². The lowest BCUT2D eigenvalue weighted by atomic mass is 10.3. The van der Waals surface area contributed by atoms with Crippen molar-refractivity contribution in [2.75, 3.05) is 11.4 Å². The number of thiazole rings is 1. The standard InChI is InChI=1S/C22H24N3O2S2/c1-4-23-13-14-27-19(23)15-21-25(6-3)22(26)18(29-21)11-12-20-24(5-2)16-9-7-8-10-17(16)28-20/h7-15H,4-6H2,1-3H3/q+1/b18-11+,20-12?. The number of anilines is 1. The molecule has 1 aromatic carbocycles. The van der Waals surface area contributed by atoms with Gasteiger partial charge in [0.1, 0.15) is 11.2 Å². The van der Waals surface area contributed by atoms with Crippen molar-refractivity contribution in [3.8, 4) is 0 Å². The van der Waals surface area contributed by atoms with Crippen LogP contribution in [0.25, 0.3) is 12.2 Å². The summed E-state index contributed by atoms with van der Waals surface area (Å²) in [5, 5.41) is 1.14. The predicted molar refractivity (Wildman–Crippen MR) is 120 cm³/mol. The van der Waals surface area contributed by atoms with Crippen molar-refractivity contribution < 1.29 is 8.98 Å². The molecule has 5 nitrogen and oxygen atoms in total. The smallest absolute Gasteiger partial charge is 0.375 e. The molecule has 0 spiro atoms. The molecule has 29 heavy (non-hydrogen) atoms. The number of para-hydroxylation sites is 1. The third-order valence-corrected chi connectivity index (χ3v) is 7.09. The molecule has 3 aromatic rings. The zero-order valence-electron chi connectivity index (χ0n) is 16.8. The number of oxazole rings is 1. The first kappa shape index (κ1) is 19.8. The summed E-state index contributed by atoms with van der Waals surface area (Å²) in [4.78, 5) is 16.4. The van der Waals surface area contributed by atoms with E-state index in [4.69, 9.17) is 4.42 Å². The van der Waals surface area contributed by atoms with Gasteiger partial charge in [-0.2, -0.15) is 4.57 Å². The van der Waals surface area contributed by atoms with E-state index in [1.807, 2.05) is 29.8 Å². The number of benzene rings is 1. The molecule has 1 aliphatic rings. The van der Waals surface area contributed by atoms with Gasteiger partial charge in [0.05, 0.1) is 21.3 Å². The Kier molecular flexibility index (Phi) is 5.78. The fourth-order valence-corrected chi connectivity index (χ4v) is 5.57. The topological polar surface area (TPSA) is 42.3 Å². The highest BCUT2D eigenvalue weighted by Gasteiger charge is 2.22. The molecule has 0 aliphatic carbocycles. The SMILES string of the molecule is CCN1C(=C/C=c2/sc(=Cc3occ[n+]3CC)n(CC)c2=O)Sc2ccccc21. The average molecular weight is 427 g/mol. The van der Waals surface area contributed by atoms with Crippen LogP contribution in [0.5, 0.6) is 0 Å². The molecule has 0 N–H and O–H groups in total. The van der Waals surface area contributed by atoms with Crippen LogP contribution in [-0.4, -0.2) is 11.1 Å². The summed E-state index contributed by atoms with van der Waals surface area (Å²) in [5.41, 5.74) is 1.27. The summed E-state index contributed by atoms with van der Waals surface area (Å²) in [6, 6.07) is 8.40. The summed E-state index contributed by atoms with van der Waals surface area (Å²) >= 11 is 3.24. The minimum absolute atomic E-state index is 0.0405. The zero-order valence-corrected chi connectivity index (χ0v) is 18.4. The van der Waals surface area contributed by atoms with Crippen molar-refractivity contribution in [3.63, 3.8) is 0 Å². The number of hydrogen-bond donors (Lipinski definition) is 0. The predicted octanol–water partition coefficient (Wildman–Crippen LogP) is 2.91. The van der Waals surface area contributed by atoms with Crippen LogP contribution < -0.4 is 24.2 Å². The molecule has 1 aliphatic heterocycles. The Morgan fingerprint density at radius 2 is 1.97 bits per heavy atom. The molecule has 7 heteroatoms. The van der Waals surface area contributed by atoms with Crippen LogP contribution in [-0.2, 0) is 13.1 Å². The van der Waals surface area contributed by atoms with Gasteiger partial charge < -0.3 is 9.32 Å². The summed E-state index contributed by atoms with van der Waals surface area (Å²) in [6.45, 7) is 8.54. The number of thioether (sulfide) groups is 1. The van der Waals surface area contributed by atoms with Crippen molar-refractivity contribution in [2.24, 2.45) is 0 Å². The number of nitrogens with zero attached hydrogens (tertiary/aromatic N) is 3. The number of aryl methyl sites for hydroxylation is 1. The first-order valence-electron chi connectivity index (χ1n) is 9.81. The Morgan fingerprint density at radius 3 is 2.72 bits per heavy atom. The van der Waals surface area contributed by atoms with Crippen LogP contribution in [0.2, 0.25) is 0 Å². The Hall–Kier alpha value is -2.51. The summed E-state index contributed by atoms with van der Waals surface area (Å²) < 4.78 is 11.0. The molecule has 0 amide bonds. The van der Waals surface area contributed by atoms with Gasteiger partial charge in [-0.25, -0.2) is 0 Å². The van der Waals surface area contributed by atoms with E-state index >= 15 is 0 Å². The van der Waals surface area contributed by atoms with Gasteiger partial charge in [0, 0.05) is 18.0 Å². The van der Waals surface area contributed by atoms with Gasteiger partial charge >= 0.3 is 5.89 Å². The molecule has 150 valence electrons. The Bertz CT molecular complexity index is 1230. The maximum atomic E-state index is 12.9. The molecule has 2 aromatic heterocycles. The summed E-state index contributed by atoms with van der Waals surface area (Å²) in [5.74, 6) is 0.750. The first-order chi connectivity index (χ1) is 14.2. The summed E-state index contributed by atoms with van der Waals surface area (Å²) in [7, 11) is 0. The van der Waals surface area contributed by atoms with Crippen LogP contribution in [0.4, 0.5) is 5.69 Å². The number of aromatic nitrogens is 2.